The Bertz CT molecular complexity index is 2090. The molecule has 0 aliphatic carbocycles. The maximum atomic E-state index is 14.3. The fourth-order valence-electron chi connectivity index (χ4n) is 5.27. The molecule has 0 fully saturated rings. The number of allylic oxidation sites excluding steroid dienone is 1. The zero-order valence-corrected chi connectivity index (χ0v) is 29.2. The second-order valence-electron chi connectivity index (χ2n) is 10.6. The molecule has 0 amide bonds. The van der Waals surface area contributed by atoms with Crippen LogP contribution >= 0.6 is 22.9 Å². The van der Waals surface area contributed by atoms with Gasteiger partial charge in [0.1, 0.15) is 6.61 Å². The van der Waals surface area contributed by atoms with Crippen LogP contribution in [0.25, 0.3) is 6.08 Å². The van der Waals surface area contributed by atoms with E-state index in [1.54, 1.807) is 70.4 Å². The molecule has 0 radical (unpaired) electrons. The van der Waals surface area contributed by atoms with Gasteiger partial charge in [0, 0.05) is 10.6 Å². The lowest BCUT2D eigenvalue weighted by Crippen LogP contribution is -2.40. The Labute approximate surface area is 291 Å². The minimum Gasteiger partial charge on any atom is -0.493 e. The second kappa shape index (κ2) is 15.9. The summed E-state index contributed by atoms with van der Waals surface area (Å²) in [6, 6.07) is 16.8. The van der Waals surface area contributed by atoms with Crippen molar-refractivity contribution in [1.29, 1.82) is 0 Å². The SMILES string of the molecule is CCOC(=O)C1=C(C)N=c2s/c(=C/c3cccc(OC)c3OCc3cccc(Cl)c3)c(=O)n2[C@H]1c1ccc(OCC(=O)OC)c(OCC)c1. The lowest BCUT2D eigenvalue weighted by Gasteiger charge is -2.25. The van der Waals surface area contributed by atoms with E-state index >= 15 is 0 Å². The van der Waals surface area contributed by atoms with Crippen LogP contribution in [0.4, 0.5) is 0 Å². The molecule has 256 valence electrons. The smallest absolute Gasteiger partial charge is 0.343 e. The van der Waals surface area contributed by atoms with Crippen molar-refractivity contribution in [1.82, 2.24) is 4.57 Å². The quantitative estimate of drug-likeness (QED) is 0.177. The van der Waals surface area contributed by atoms with Crippen LogP contribution in [-0.4, -0.2) is 50.5 Å². The predicted octanol–water partition coefficient (Wildman–Crippen LogP) is 4.99. The number of nitrogens with zero attached hydrogens (tertiary/aromatic N) is 2. The summed E-state index contributed by atoms with van der Waals surface area (Å²) in [4.78, 5) is 44.5. The first kappa shape index (κ1) is 35.2. The Hall–Kier alpha value is -5.07. The highest BCUT2D eigenvalue weighted by molar-refractivity contribution is 7.07. The number of hydrogen-bond acceptors (Lipinski definition) is 11. The minimum absolute atomic E-state index is 0.130. The van der Waals surface area contributed by atoms with Crippen LogP contribution in [0.3, 0.4) is 0 Å². The first-order chi connectivity index (χ1) is 23.7. The maximum absolute atomic E-state index is 14.3. The van der Waals surface area contributed by atoms with Crippen LogP contribution in [-0.2, 0) is 25.7 Å². The molecule has 1 aliphatic heterocycles. The van der Waals surface area contributed by atoms with E-state index in [1.165, 1.54) is 23.0 Å². The number of rotatable bonds is 13. The van der Waals surface area contributed by atoms with Gasteiger partial charge in [-0.15, -0.1) is 0 Å². The van der Waals surface area contributed by atoms with Gasteiger partial charge in [-0.2, -0.15) is 0 Å². The van der Waals surface area contributed by atoms with Gasteiger partial charge in [0.05, 0.1) is 49.3 Å². The summed E-state index contributed by atoms with van der Waals surface area (Å²) in [5, 5.41) is 0.589. The Kier molecular flexibility index (Phi) is 11.4. The average molecular weight is 707 g/mol. The molecule has 0 N–H and O–H groups in total. The third kappa shape index (κ3) is 7.82. The van der Waals surface area contributed by atoms with Crippen molar-refractivity contribution < 1.29 is 38.0 Å². The van der Waals surface area contributed by atoms with Crippen LogP contribution in [0.15, 0.2) is 81.7 Å². The molecule has 1 aliphatic rings. The van der Waals surface area contributed by atoms with Crippen LogP contribution in [0, 0.1) is 0 Å². The highest BCUT2D eigenvalue weighted by Gasteiger charge is 2.34. The van der Waals surface area contributed by atoms with E-state index < -0.39 is 18.0 Å². The Morgan fingerprint density at radius 1 is 0.959 bits per heavy atom. The maximum Gasteiger partial charge on any atom is 0.343 e. The van der Waals surface area contributed by atoms with Gasteiger partial charge < -0.3 is 28.4 Å². The molecule has 11 nitrogen and oxygen atoms in total. The Morgan fingerprint density at radius 2 is 1.76 bits per heavy atom. The summed E-state index contributed by atoms with van der Waals surface area (Å²) in [6.45, 7) is 5.53. The van der Waals surface area contributed by atoms with Crippen molar-refractivity contribution in [3.63, 3.8) is 0 Å². The molecule has 49 heavy (non-hydrogen) atoms. The summed E-state index contributed by atoms with van der Waals surface area (Å²) in [5.74, 6) is 0.388. The lowest BCUT2D eigenvalue weighted by molar-refractivity contribution is -0.143. The van der Waals surface area contributed by atoms with E-state index in [2.05, 4.69) is 9.73 Å². The fraction of sp³-hybridized carbons (Fsp3) is 0.278. The first-order valence-corrected chi connectivity index (χ1v) is 16.6. The molecule has 0 bridgehead atoms. The Morgan fingerprint density at radius 3 is 2.47 bits per heavy atom. The number of methoxy groups -OCH3 is 2. The number of thiazole rings is 1. The molecule has 1 aromatic heterocycles. The molecular weight excluding hydrogens is 672 g/mol. The van der Waals surface area contributed by atoms with Crippen LogP contribution in [0.1, 0.15) is 43.5 Å². The molecule has 0 unspecified atom stereocenters. The third-order valence-corrected chi connectivity index (χ3v) is 8.68. The molecule has 4 aromatic rings. The summed E-state index contributed by atoms with van der Waals surface area (Å²) in [6.07, 6.45) is 1.72. The van der Waals surface area contributed by atoms with E-state index in [1.807, 2.05) is 24.3 Å². The van der Waals surface area contributed by atoms with E-state index in [0.29, 0.717) is 60.8 Å². The van der Waals surface area contributed by atoms with Crippen molar-refractivity contribution in [2.24, 2.45) is 4.99 Å². The average Bonchev–Trinajstić information content (AvgIpc) is 3.39. The molecular formula is C36H35ClN2O9S. The van der Waals surface area contributed by atoms with Crippen LogP contribution in [0.5, 0.6) is 23.0 Å². The van der Waals surface area contributed by atoms with Crippen molar-refractivity contribution in [2.45, 2.75) is 33.4 Å². The zero-order chi connectivity index (χ0) is 35.1. The number of hydrogen-bond donors (Lipinski definition) is 0. The van der Waals surface area contributed by atoms with E-state index in [9.17, 15) is 14.4 Å². The predicted molar refractivity (Wildman–Crippen MR) is 184 cm³/mol. The van der Waals surface area contributed by atoms with Gasteiger partial charge in [-0.3, -0.25) is 9.36 Å². The van der Waals surface area contributed by atoms with Gasteiger partial charge in [-0.25, -0.2) is 14.6 Å². The van der Waals surface area contributed by atoms with Crippen molar-refractivity contribution in [3.8, 4) is 23.0 Å². The van der Waals surface area contributed by atoms with Gasteiger partial charge in [0.15, 0.2) is 34.4 Å². The largest absolute Gasteiger partial charge is 0.493 e. The summed E-state index contributed by atoms with van der Waals surface area (Å²) >= 11 is 7.35. The summed E-state index contributed by atoms with van der Waals surface area (Å²) < 4.78 is 35.3. The molecule has 3 aromatic carbocycles. The van der Waals surface area contributed by atoms with Gasteiger partial charge in [0.25, 0.3) is 5.56 Å². The minimum atomic E-state index is -0.907. The van der Waals surface area contributed by atoms with Crippen molar-refractivity contribution in [3.05, 3.63) is 113 Å². The normalized spacial score (nSPS) is 14.1. The summed E-state index contributed by atoms with van der Waals surface area (Å²) in [5.41, 5.74) is 2.25. The van der Waals surface area contributed by atoms with Gasteiger partial charge in [-0.1, -0.05) is 53.3 Å². The number of carbonyl (C=O) groups excluding carboxylic acids is 2. The van der Waals surface area contributed by atoms with Crippen molar-refractivity contribution >= 4 is 41.0 Å². The number of halogens is 1. The van der Waals surface area contributed by atoms with Crippen molar-refractivity contribution in [2.75, 3.05) is 34.0 Å². The zero-order valence-electron chi connectivity index (χ0n) is 27.6. The highest BCUT2D eigenvalue weighted by atomic mass is 35.5. The number of para-hydroxylation sites is 1. The van der Waals surface area contributed by atoms with E-state index in [4.69, 9.17) is 35.3 Å². The fourth-order valence-corrected chi connectivity index (χ4v) is 6.52. The standard InChI is InChI=1S/C36H35ClN2O9S/c1-6-45-28-17-23(14-15-26(28)47-20-30(40)44-5)32-31(35(42)46-7-2)21(3)38-36-39(32)34(41)29(49-36)18-24-11-9-13-27(43-4)33(24)48-19-22-10-8-12-25(37)16-22/h8-18,32H,6-7,19-20H2,1-5H3/b29-18+/t32-/m0/s1. The number of esters is 2. The van der Waals surface area contributed by atoms with Crippen LogP contribution in [0.2, 0.25) is 5.02 Å². The lowest BCUT2D eigenvalue weighted by atomic mass is 9.95. The molecule has 0 saturated carbocycles. The number of ether oxygens (including phenoxy) is 6. The molecule has 1 atom stereocenters. The van der Waals surface area contributed by atoms with Gasteiger partial charge in [0.2, 0.25) is 0 Å². The molecule has 0 spiro atoms. The number of aromatic nitrogens is 1. The first-order valence-electron chi connectivity index (χ1n) is 15.4. The second-order valence-corrected chi connectivity index (χ2v) is 12.0. The monoisotopic (exact) mass is 706 g/mol. The van der Waals surface area contributed by atoms with Crippen LogP contribution < -0.4 is 33.8 Å². The van der Waals surface area contributed by atoms with E-state index in [-0.39, 0.29) is 31.0 Å². The van der Waals surface area contributed by atoms with Gasteiger partial charge >= 0.3 is 11.9 Å². The molecule has 0 saturated heterocycles. The third-order valence-electron chi connectivity index (χ3n) is 7.46. The number of carbonyl (C=O) groups is 2. The van der Waals surface area contributed by atoms with Gasteiger partial charge in [-0.05, 0) is 68.3 Å². The highest BCUT2D eigenvalue weighted by Crippen LogP contribution is 2.37. The molecule has 13 heteroatoms. The summed E-state index contributed by atoms with van der Waals surface area (Å²) in [7, 11) is 2.81. The number of fused-ring (bicyclic) bond motifs is 1. The topological polar surface area (TPSA) is 124 Å². The Balaban J connectivity index is 1.64. The number of benzene rings is 3. The molecule has 5 rings (SSSR count). The molecule has 2 heterocycles. The van der Waals surface area contributed by atoms with E-state index in [0.717, 1.165) is 5.56 Å².